The van der Waals surface area contributed by atoms with E-state index in [0.717, 1.165) is 0 Å². The van der Waals surface area contributed by atoms with Crippen molar-refractivity contribution in [1.82, 2.24) is 0 Å². The first-order chi connectivity index (χ1) is 8.29. The van der Waals surface area contributed by atoms with Gasteiger partial charge in [0.15, 0.2) is 5.92 Å². The molecule has 0 aromatic heterocycles. The summed E-state index contributed by atoms with van der Waals surface area (Å²) < 4.78 is 10.1. The molecule has 0 N–H and O–H groups in total. The normalized spacial score (nSPS) is 12.7. The fraction of sp³-hybridized carbons (Fsp3) is 0.769. The van der Waals surface area contributed by atoms with Crippen molar-refractivity contribution in [2.24, 2.45) is 11.8 Å². The standard InChI is InChI=1S/C13H22O5/c1-8(2)17-12(15)11(10(5)6-7-14)13(16)18-9(3)4/h7-11H,6H2,1-5H3/t10-/m0/s1. The number of esters is 2. The summed E-state index contributed by atoms with van der Waals surface area (Å²) in [5.41, 5.74) is 0. The van der Waals surface area contributed by atoms with Gasteiger partial charge in [0, 0.05) is 6.42 Å². The fourth-order valence-electron chi connectivity index (χ4n) is 1.46. The zero-order valence-electron chi connectivity index (χ0n) is 11.6. The van der Waals surface area contributed by atoms with Gasteiger partial charge in [0.2, 0.25) is 0 Å². The number of carbonyl (C=O) groups is 3. The second-order valence-electron chi connectivity index (χ2n) is 4.83. The summed E-state index contributed by atoms with van der Waals surface area (Å²) in [7, 11) is 0. The van der Waals surface area contributed by atoms with Crippen LogP contribution in [0.1, 0.15) is 41.0 Å². The van der Waals surface area contributed by atoms with Gasteiger partial charge in [0.05, 0.1) is 12.2 Å². The van der Waals surface area contributed by atoms with E-state index in [9.17, 15) is 14.4 Å². The monoisotopic (exact) mass is 258 g/mol. The first kappa shape index (κ1) is 16.6. The van der Waals surface area contributed by atoms with Crippen molar-refractivity contribution >= 4 is 18.2 Å². The van der Waals surface area contributed by atoms with Gasteiger partial charge < -0.3 is 14.3 Å². The number of hydrogen-bond acceptors (Lipinski definition) is 5. The molecule has 0 heterocycles. The molecule has 0 spiro atoms. The summed E-state index contributed by atoms with van der Waals surface area (Å²) in [5, 5.41) is 0. The lowest BCUT2D eigenvalue weighted by Gasteiger charge is -2.21. The number of rotatable bonds is 7. The zero-order chi connectivity index (χ0) is 14.3. The van der Waals surface area contributed by atoms with Gasteiger partial charge in [-0.3, -0.25) is 9.59 Å². The Hall–Kier alpha value is -1.39. The first-order valence-electron chi connectivity index (χ1n) is 6.14. The minimum atomic E-state index is -1.04. The maximum atomic E-state index is 11.9. The largest absolute Gasteiger partial charge is 0.462 e. The highest BCUT2D eigenvalue weighted by Gasteiger charge is 2.35. The molecule has 0 radical (unpaired) electrons. The van der Waals surface area contributed by atoms with Crippen LogP contribution in [-0.4, -0.2) is 30.4 Å². The maximum absolute atomic E-state index is 11.9. The molecule has 0 unspecified atom stereocenters. The van der Waals surface area contributed by atoms with Crippen LogP contribution >= 0.6 is 0 Å². The molecule has 104 valence electrons. The van der Waals surface area contributed by atoms with E-state index in [2.05, 4.69) is 0 Å². The molecule has 5 nitrogen and oxygen atoms in total. The minimum absolute atomic E-state index is 0.116. The molecule has 0 saturated heterocycles. The summed E-state index contributed by atoms with van der Waals surface area (Å²) in [6.45, 7) is 8.46. The maximum Gasteiger partial charge on any atom is 0.320 e. The SMILES string of the molecule is CC(C)OC(=O)C(C(=O)OC(C)C)[C@@H](C)CC=O. The van der Waals surface area contributed by atoms with Gasteiger partial charge in [-0.15, -0.1) is 0 Å². The highest BCUT2D eigenvalue weighted by atomic mass is 16.6. The van der Waals surface area contributed by atoms with E-state index in [0.29, 0.717) is 6.29 Å². The molecule has 0 rings (SSSR count). The van der Waals surface area contributed by atoms with Crippen molar-refractivity contribution in [2.45, 2.75) is 53.2 Å². The Morgan fingerprint density at radius 3 is 1.61 bits per heavy atom. The zero-order valence-corrected chi connectivity index (χ0v) is 11.6. The Bertz CT molecular complexity index is 274. The molecule has 0 aromatic rings. The number of ether oxygens (including phenoxy) is 2. The predicted molar refractivity (Wildman–Crippen MR) is 65.8 cm³/mol. The number of carbonyl (C=O) groups excluding carboxylic acids is 3. The molecule has 0 aliphatic carbocycles. The van der Waals surface area contributed by atoms with E-state index >= 15 is 0 Å². The van der Waals surface area contributed by atoms with Crippen LogP contribution in [-0.2, 0) is 23.9 Å². The Kier molecular flexibility index (Phi) is 7.24. The average molecular weight is 258 g/mol. The lowest BCUT2D eigenvalue weighted by molar-refractivity contribution is -0.168. The summed E-state index contributed by atoms with van der Waals surface area (Å²) in [6.07, 6.45) is 0.180. The quantitative estimate of drug-likeness (QED) is 0.395. The summed E-state index contributed by atoms with van der Waals surface area (Å²) in [4.78, 5) is 34.2. The van der Waals surface area contributed by atoms with Gasteiger partial charge in [0.1, 0.15) is 6.29 Å². The second kappa shape index (κ2) is 7.84. The third-order valence-corrected chi connectivity index (χ3v) is 2.25. The lowest BCUT2D eigenvalue weighted by atomic mass is 9.91. The Balaban J connectivity index is 4.86. The van der Waals surface area contributed by atoms with Crippen LogP contribution in [0.25, 0.3) is 0 Å². The third-order valence-electron chi connectivity index (χ3n) is 2.25. The summed E-state index contributed by atoms with van der Waals surface area (Å²) in [5.74, 6) is -2.74. The van der Waals surface area contributed by atoms with Crippen LogP contribution in [0.4, 0.5) is 0 Å². The van der Waals surface area contributed by atoms with Crippen LogP contribution in [0, 0.1) is 11.8 Å². The molecule has 0 aliphatic rings. The van der Waals surface area contributed by atoms with Crippen LogP contribution in [0.15, 0.2) is 0 Å². The molecular weight excluding hydrogens is 236 g/mol. The van der Waals surface area contributed by atoms with Gasteiger partial charge in [-0.1, -0.05) is 6.92 Å². The molecule has 0 amide bonds. The van der Waals surface area contributed by atoms with E-state index in [1.54, 1.807) is 34.6 Å². The van der Waals surface area contributed by atoms with Crippen molar-refractivity contribution in [3.8, 4) is 0 Å². The molecule has 1 atom stereocenters. The highest BCUT2D eigenvalue weighted by molar-refractivity contribution is 5.95. The molecule has 18 heavy (non-hydrogen) atoms. The van der Waals surface area contributed by atoms with Crippen molar-refractivity contribution in [3.05, 3.63) is 0 Å². The first-order valence-corrected chi connectivity index (χ1v) is 6.14. The van der Waals surface area contributed by atoms with Crippen molar-refractivity contribution in [2.75, 3.05) is 0 Å². The van der Waals surface area contributed by atoms with Crippen LogP contribution < -0.4 is 0 Å². The van der Waals surface area contributed by atoms with Gasteiger partial charge in [0.25, 0.3) is 0 Å². The highest BCUT2D eigenvalue weighted by Crippen LogP contribution is 2.19. The minimum Gasteiger partial charge on any atom is -0.462 e. The van der Waals surface area contributed by atoms with E-state index in [-0.39, 0.29) is 18.6 Å². The van der Waals surface area contributed by atoms with Crippen LogP contribution in [0.5, 0.6) is 0 Å². The molecule has 0 bridgehead atoms. The average Bonchev–Trinajstić information content (AvgIpc) is 2.14. The summed E-state index contributed by atoms with van der Waals surface area (Å²) >= 11 is 0. The van der Waals surface area contributed by atoms with Gasteiger partial charge in [-0.05, 0) is 33.6 Å². The topological polar surface area (TPSA) is 69.7 Å². The van der Waals surface area contributed by atoms with E-state index in [4.69, 9.17) is 9.47 Å². The Morgan fingerprint density at radius 2 is 1.33 bits per heavy atom. The molecule has 0 aromatic carbocycles. The van der Waals surface area contributed by atoms with E-state index < -0.39 is 23.8 Å². The smallest absolute Gasteiger partial charge is 0.320 e. The number of hydrogen-bond donors (Lipinski definition) is 0. The third kappa shape index (κ3) is 5.80. The lowest BCUT2D eigenvalue weighted by Crippen LogP contribution is -2.35. The van der Waals surface area contributed by atoms with Gasteiger partial charge >= 0.3 is 11.9 Å². The van der Waals surface area contributed by atoms with Crippen LogP contribution in [0.3, 0.4) is 0 Å². The molecule has 0 aliphatic heterocycles. The molecular formula is C13H22O5. The second-order valence-corrected chi connectivity index (χ2v) is 4.83. The van der Waals surface area contributed by atoms with Crippen LogP contribution in [0.2, 0.25) is 0 Å². The van der Waals surface area contributed by atoms with E-state index in [1.807, 2.05) is 0 Å². The predicted octanol–water partition coefficient (Wildman–Crippen LogP) is 1.73. The Morgan fingerprint density at radius 1 is 0.944 bits per heavy atom. The summed E-state index contributed by atoms with van der Waals surface area (Å²) in [6, 6.07) is 0. The molecule has 0 saturated carbocycles. The Labute approximate surface area is 108 Å². The van der Waals surface area contributed by atoms with E-state index in [1.165, 1.54) is 0 Å². The van der Waals surface area contributed by atoms with Crippen molar-refractivity contribution < 1.29 is 23.9 Å². The van der Waals surface area contributed by atoms with Crippen molar-refractivity contribution in [3.63, 3.8) is 0 Å². The fourth-order valence-corrected chi connectivity index (χ4v) is 1.46. The van der Waals surface area contributed by atoms with Crippen molar-refractivity contribution in [1.29, 1.82) is 0 Å². The van der Waals surface area contributed by atoms with Gasteiger partial charge in [-0.2, -0.15) is 0 Å². The number of aldehydes is 1. The molecule has 5 heteroatoms. The van der Waals surface area contributed by atoms with Gasteiger partial charge in [-0.25, -0.2) is 0 Å². The molecule has 0 fully saturated rings.